The van der Waals surface area contributed by atoms with Gasteiger partial charge in [-0.15, -0.1) is 0 Å². The number of aromatic carboxylic acids is 1. The Kier molecular flexibility index (Phi) is 19.5. The molecule has 0 saturated carbocycles. The van der Waals surface area contributed by atoms with Crippen LogP contribution in [0.15, 0.2) is 146 Å². The predicted molar refractivity (Wildman–Crippen MR) is 269 cm³/mol. The molecule has 0 saturated heterocycles. The summed E-state index contributed by atoms with van der Waals surface area (Å²) in [5, 5.41) is 16.6. The molecule has 0 radical (unpaired) electrons. The summed E-state index contributed by atoms with van der Waals surface area (Å²) in [4.78, 5) is 49.6. The molecule has 6 aromatic carbocycles. The van der Waals surface area contributed by atoms with Crippen LogP contribution in [-0.4, -0.2) is 50.6 Å². The minimum atomic E-state index is -4.40. The minimum Gasteiger partial charge on any atom is -0.870 e. The Morgan fingerprint density at radius 1 is 0.560 bits per heavy atom. The summed E-state index contributed by atoms with van der Waals surface area (Å²) in [7, 11) is 1.32. The van der Waals surface area contributed by atoms with E-state index in [2.05, 4.69) is 10.6 Å². The number of hydrogen-bond acceptors (Lipinski definition) is 6. The second-order valence-electron chi connectivity index (χ2n) is 17.5. The van der Waals surface area contributed by atoms with Gasteiger partial charge in [0.1, 0.15) is 0 Å². The molecule has 0 bridgehead atoms. The fourth-order valence-electron chi connectivity index (χ4n) is 8.73. The summed E-state index contributed by atoms with van der Waals surface area (Å²) in [6.45, 7) is 8.91. The number of ether oxygens (including phenoxy) is 1. The van der Waals surface area contributed by atoms with Crippen molar-refractivity contribution in [1.82, 2.24) is 19.8 Å². The number of nitrogens with one attached hydrogen (secondary N) is 2. The Balaban J connectivity index is 0.000000270. The van der Waals surface area contributed by atoms with Crippen molar-refractivity contribution in [2.45, 2.75) is 78.1 Å². The number of rotatable bonds is 14. The first-order valence-corrected chi connectivity index (χ1v) is 23.4. The van der Waals surface area contributed by atoms with Gasteiger partial charge in [0, 0.05) is 47.3 Å². The number of alkyl halides is 6. The number of methoxy groups -OCH3 is 1. The molecule has 2 amide bonds. The monoisotopic (exact) mass is 1040 g/mol. The summed E-state index contributed by atoms with van der Waals surface area (Å²) in [6, 6.07) is 34.0. The first-order chi connectivity index (χ1) is 34.7. The van der Waals surface area contributed by atoms with Gasteiger partial charge in [-0.1, -0.05) is 72.8 Å². The SMILES string of the molecule is CCn1cc(C(=O)N[C@@H](C)c2ccc(C(=O)O)cc2)c2c(Cc3ccc(C(F)(F)F)cc3)cccc21.CCn1cc(C(=O)N[C@@H](C)c2ccc(C(=O)OC)cc2)c2c(Cc3ccc(C(F)(F)F)cc3)cccc21.[Na+].[OH-]. The third kappa shape index (κ3) is 13.8. The molecule has 386 valence electrons. The molecular formula is C57H53F6N4NaO7. The van der Waals surface area contributed by atoms with Crippen molar-refractivity contribution >= 4 is 45.6 Å². The largest absolute Gasteiger partial charge is 1.00 e. The summed E-state index contributed by atoms with van der Waals surface area (Å²) in [5.74, 6) is -2.01. The Morgan fingerprint density at radius 3 is 1.24 bits per heavy atom. The molecule has 0 unspecified atom stereocenters. The van der Waals surface area contributed by atoms with Gasteiger partial charge in [-0.05, 0) is 135 Å². The normalized spacial score (nSPS) is 12.1. The zero-order valence-electron chi connectivity index (χ0n) is 41.9. The molecule has 8 aromatic rings. The number of amides is 2. The van der Waals surface area contributed by atoms with Crippen LogP contribution in [0.5, 0.6) is 0 Å². The van der Waals surface area contributed by atoms with Crippen molar-refractivity contribution in [3.05, 3.63) is 213 Å². The van der Waals surface area contributed by atoms with Crippen molar-refractivity contribution in [1.29, 1.82) is 0 Å². The van der Waals surface area contributed by atoms with E-state index in [0.717, 1.165) is 73.9 Å². The molecule has 75 heavy (non-hydrogen) atoms. The second kappa shape index (κ2) is 24.9. The summed E-state index contributed by atoms with van der Waals surface area (Å²) >= 11 is 0. The van der Waals surface area contributed by atoms with Crippen LogP contribution in [0.3, 0.4) is 0 Å². The predicted octanol–water partition coefficient (Wildman–Crippen LogP) is 9.84. The van der Waals surface area contributed by atoms with E-state index >= 15 is 0 Å². The molecule has 0 aliphatic rings. The summed E-state index contributed by atoms with van der Waals surface area (Å²) in [5.41, 5.74) is 6.61. The topological polar surface area (TPSA) is 162 Å². The molecule has 2 heterocycles. The third-order valence-electron chi connectivity index (χ3n) is 12.7. The zero-order valence-corrected chi connectivity index (χ0v) is 43.9. The Morgan fingerprint density at radius 2 is 0.920 bits per heavy atom. The van der Waals surface area contributed by atoms with Gasteiger partial charge in [0.05, 0.1) is 52.6 Å². The molecular weight excluding hydrogens is 990 g/mol. The van der Waals surface area contributed by atoms with E-state index in [4.69, 9.17) is 9.84 Å². The molecule has 4 N–H and O–H groups in total. The van der Waals surface area contributed by atoms with Crippen LogP contribution in [0.1, 0.15) is 126 Å². The number of aromatic nitrogens is 2. The molecule has 8 rings (SSSR count). The molecule has 2 atom stereocenters. The fraction of sp³-hybridized carbons (Fsp3) is 0.228. The first kappa shape index (κ1) is 58.7. The number of esters is 1. The quantitative estimate of drug-likeness (QED) is 0.0555. The molecule has 11 nitrogen and oxygen atoms in total. The van der Waals surface area contributed by atoms with E-state index in [0.29, 0.717) is 48.2 Å². The molecule has 0 spiro atoms. The first-order valence-electron chi connectivity index (χ1n) is 23.4. The van der Waals surface area contributed by atoms with E-state index in [1.165, 1.54) is 43.5 Å². The van der Waals surface area contributed by atoms with Gasteiger partial charge in [-0.3, -0.25) is 9.59 Å². The number of carboxylic acid groups (broad SMARTS) is 1. The molecule has 2 aromatic heterocycles. The van der Waals surface area contributed by atoms with Crippen LogP contribution in [0.2, 0.25) is 0 Å². The fourth-order valence-corrected chi connectivity index (χ4v) is 8.73. The molecule has 0 aliphatic carbocycles. The average molecular weight is 1040 g/mol. The summed E-state index contributed by atoms with van der Waals surface area (Å²) in [6.07, 6.45) is -4.44. The van der Waals surface area contributed by atoms with E-state index in [-0.39, 0.29) is 64.5 Å². The maximum absolute atomic E-state index is 13.4. The summed E-state index contributed by atoms with van der Waals surface area (Å²) < 4.78 is 86.4. The average Bonchev–Trinajstić information content (AvgIpc) is 3.96. The van der Waals surface area contributed by atoms with Crippen LogP contribution in [0.25, 0.3) is 21.8 Å². The Labute approximate surface area is 451 Å². The number of aryl methyl sites for hydroxylation is 2. The van der Waals surface area contributed by atoms with Crippen LogP contribution >= 0.6 is 0 Å². The number of fused-ring (bicyclic) bond motifs is 2. The van der Waals surface area contributed by atoms with Crippen LogP contribution in [0.4, 0.5) is 26.3 Å². The number of carboxylic acids is 1. The van der Waals surface area contributed by atoms with Crippen LogP contribution in [-0.2, 0) is 43.0 Å². The van der Waals surface area contributed by atoms with Gasteiger partial charge in [-0.2, -0.15) is 26.3 Å². The van der Waals surface area contributed by atoms with E-state index in [1.807, 2.05) is 79.4 Å². The van der Waals surface area contributed by atoms with Gasteiger partial charge in [-0.25, -0.2) is 9.59 Å². The molecule has 0 aliphatic heterocycles. The van der Waals surface area contributed by atoms with E-state index in [9.17, 15) is 45.5 Å². The van der Waals surface area contributed by atoms with Crippen molar-refractivity contribution in [2.75, 3.05) is 7.11 Å². The van der Waals surface area contributed by atoms with Crippen molar-refractivity contribution in [3.63, 3.8) is 0 Å². The smallest absolute Gasteiger partial charge is 0.870 e. The number of hydrogen-bond donors (Lipinski definition) is 3. The van der Waals surface area contributed by atoms with Crippen LogP contribution < -0.4 is 40.2 Å². The Hall–Kier alpha value is -7.18. The maximum Gasteiger partial charge on any atom is 1.00 e. The van der Waals surface area contributed by atoms with Crippen molar-refractivity contribution < 1.29 is 90.4 Å². The van der Waals surface area contributed by atoms with E-state index < -0.39 is 35.4 Å². The Bertz CT molecular complexity index is 3280. The van der Waals surface area contributed by atoms with Crippen molar-refractivity contribution in [2.24, 2.45) is 0 Å². The van der Waals surface area contributed by atoms with Gasteiger partial charge in [0.25, 0.3) is 11.8 Å². The number of carbonyl (C=O) groups is 4. The van der Waals surface area contributed by atoms with Gasteiger partial charge in [0.15, 0.2) is 0 Å². The van der Waals surface area contributed by atoms with Gasteiger partial charge in [0.2, 0.25) is 0 Å². The van der Waals surface area contributed by atoms with E-state index in [1.54, 1.807) is 42.6 Å². The maximum atomic E-state index is 13.4. The number of halogens is 6. The molecule has 0 fully saturated rings. The zero-order chi connectivity index (χ0) is 52.8. The standard InChI is InChI=1S/C29H27F3N2O3.C28H25F3N2O3.Na.H2O/c1-4-34-17-24(27(35)33-18(2)20-10-12-21(13-11-20)28(36)37-3)26-22(6-5-7-25(26)34)16-19-8-14-23(15-9-19)29(30,31)32;1-3-33-16-23(26(34)32-17(2)19-9-11-20(12-10-19)27(35)36)25-21(5-4-6-24(25)33)15-18-7-13-22(14-8-18)28(29,30)31;;/h5-15,17-18H,4,16H2,1-3H3,(H,33,35);4-14,16-17H,3,15H2,1-2H3,(H,32,34)(H,35,36);;1H2/q;;+1;/p-1/t18-;17-;;/m00../s1. The van der Waals surface area contributed by atoms with Gasteiger partial charge < -0.3 is 35.1 Å². The number of carbonyl (C=O) groups excluding carboxylic acids is 3. The minimum absolute atomic E-state index is 0. The third-order valence-corrected chi connectivity index (χ3v) is 12.7. The number of benzene rings is 6. The van der Waals surface area contributed by atoms with Crippen LogP contribution in [0, 0.1) is 0 Å². The number of nitrogens with zero attached hydrogens (tertiary/aromatic N) is 2. The molecule has 18 heteroatoms. The van der Waals surface area contributed by atoms with Gasteiger partial charge >= 0.3 is 53.8 Å². The second-order valence-corrected chi connectivity index (χ2v) is 17.5. The van der Waals surface area contributed by atoms with Crippen molar-refractivity contribution in [3.8, 4) is 0 Å².